The minimum absolute atomic E-state index is 0.369. The van der Waals surface area contributed by atoms with Gasteiger partial charge in [-0.1, -0.05) is 29.3 Å². The largest absolute Gasteiger partial charge is 0.346 e. The lowest BCUT2D eigenvalue weighted by Crippen LogP contribution is -2.28. The molecule has 0 bridgehead atoms. The zero-order valence-corrected chi connectivity index (χ0v) is 14.5. The van der Waals surface area contributed by atoms with Crippen LogP contribution < -0.4 is 0 Å². The second-order valence-electron chi connectivity index (χ2n) is 5.89. The summed E-state index contributed by atoms with van der Waals surface area (Å²) < 4.78 is 0. The van der Waals surface area contributed by atoms with Gasteiger partial charge in [0, 0.05) is 49.2 Å². The Hall–Kier alpha value is -1.88. The van der Waals surface area contributed by atoms with E-state index in [1.807, 2.05) is 18.3 Å². The molecule has 4 heterocycles. The van der Waals surface area contributed by atoms with Gasteiger partial charge in [-0.25, -0.2) is 9.97 Å². The summed E-state index contributed by atoms with van der Waals surface area (Å²) in [6.07, 6.45) is 8.85. The standard InChI is InChI=1S/C18H16Cl2N4/c19-16-13(3-7-21-17(16)20)11-24-8-4-12(5-9-24)15-10-23-18-14(15)2-1-6-22-18/h1-4,6-7,10H,5,8-9,11H2,(H,22,23). The number of nitrogens with one attached hydrogen (secondary N) is 1. The highest BCUT2D eigenvalue weighted by Crippen LogP contribution is 2.30. The average molecular weight is 359 g/mol. The Morgan fingerprint density at radius 2 is 2.08 bits per heavy atom. The van der Waals surface area contributed by atoms with Crippen molar-refractivity contribution in [1.29, 1.82) is 0 Å². The topological polar surface area (TPSA) is 44.8 Å². The summed E-state index contributed by atoms with van der Waals surface area (Å²) in [6, 6.07) is 6.02. The summed E-state index contributed by atoms with van der Waals surface area (Å²) in [5.74, 6) is 0. The Morgan fingerprint density at radius 1 is 1.17 bits per heavy atom. The highest BCUT2D eigenvalue weighted by Gasteiger charge is 2.17. The fourth-order valence-corrected chi connectivity index (χ4v) is 3.49. The normalized spacial score (nSPS) is 15.7. The van der Waals surface area contributed by atoms with Crippen LogP contribution in [-0.4, -0.2) is 32.9 Å². The van der Waals surface area contributed by atoms with Crippen LogP contribution in [0.5, 0.6) is 0 Å². The molecule has 0 aliphatic carbocycles. The van der Waals surface area contributed by atoms with Crippen molar-refractivity contribution in [2.24, 2.45) is 0 Å². The third-order valence-corrected chi connectivity index (χ3v) is 5.22. The van der Waals surface area contributed by atoms with Crippen molar-refractivity contribution in [3.05, 3.63) is 64.2 Å². The van der Waals surface area contributed by atoms with Gasteiger partial charge in [-0.3, -0.25) is 4.90 Å². The van der Waals surface area contributed by atoms with Crippen molar-refractivity contribution in [3.8, 4) is 0 Å². The minimum atomic E-state index is 0.369. The molecule has 3 aromatic heterocycles. The number of pyridine rings is 2. The Kier molecular flexibility index (Phi) is 4.27. The van der Waals surface area contributed by atoms with Gasteiger partial charge in [0.1, 0.15) is 10.8 Å². The lowest BCUT2D eigenvalue weighted by atomic mass is 9.99. The smallest absolute Gasteiger partial charge is 0.147 e. The van der Waals surface area contributed by atoms with E-state index in [9.17, 15) is 0 Å². The molecule has 6 heteroatoms. The summed E-state index contributed by atoms with van der Waals surface area (Å²) in [4.78, 5) is 14.0. The van der Waals surface area contributed by atoms with Crippen LogP contribution in [0.2, 0.25) is 10.2 Å². The number of hydrogen-bond donors (Lipinski definition) is 1. The van der Waals surface area contributed by atoms with Gasteiger partial charge >= 0.3 is 0 Å². The van der Waals surface area contributed by atoms with Crippen molar-refractivity contribution in [1.82, 2.24) is 19.9 Å². The van der Waals surface area contributed by atoms with Crippen molar-refractivity contribution >= 4 is 39.8 Å². The van der Waals surface area contributed by atoms with E-state index in [-0.39, 0.29) is 0 Å². The van der Waals surface area contributed by atoms with Crippen molar-refractivity contribution < 1.29 is 0 Å². The van der Waals surface area contributed by atoms with Gasteiger partial charge in [-0.2, -0.15) is 0 Å². The monoisotopic (exact) mass is 358 g/mol. The first kappa shape index (κ1) is 15.6. The number of nitrogens with zero attached hydrogens (tertiary/aromatic N) is 3. The molecule has 1 aliphatic rings. The molecule has 0 radical (unpaired) electrons. The van der Waals surface area contributed by atoms with Gasteiger partial charge in [-0.15, -0.1) is 0 Å². The van der Waals surface area contributed by atoms with E-state index in [0.717, 1.165) is 37.3 Å². The maximum Gasteiger partial charge on any atom is 0.147 e. The van der Waals surface area contributed by atoms with E-state index < -0.39 is 0 Å². The molecule has 4 rings (SSSR count). The summed E-state index contributed by atoms with van der Waals surface area (Å²) >= 11 is 12.2. The molecular formula is C18H16Cl2N4. The van der Waals surface area contributed by atoms with E-state index in [4.69, 9.17) is 23.2 Å². The molecule has 0 spiro atoms. The number of H-pyrrole nitrogens is 1. The first-order chi connectivity index (χ1) is 11.7. The predicted octanol–water partition coefficient (Wildman–Crippen LogP) is 4.55. The number of fused-ring (bicyclic) bond motifs is 1. The molecule has 0 fully saturated rings. The van der Waals surface area contributed by atoms with Gasteiger partial charge < -0.3 is 4.98 Å². The highest BCUT2D eigenvalue weighted by molar-refractivity contribution is 6.41. The molecule has 0 unspecified atom stereocenters. The fraction of sp³-hybridized carbons (Fsp3) is 0.222. The number of aromatic nitrogens is 3. The lowest BCUT2D eigenvalue weighted by Gasteiger charge is -2.26. The SMILES string of the molecule is Clc1nccc(CN2CC=C(c3c[nH]c4ncccc34)CC2)c1Cl. The van der Waals surface area contributed by atoms with Gasteiger partial charge in [0.25, 0.3) is 0 Å². The number of aromatic amines is 1. The van der Waals surface area contributed by atoms with Crippen LogP contribution in [0.3, 0.4) is 0 Å². The van der Waals surface area contributed by atoms with E-state index in [1.165, 1.54) is 16.5 Å². The van der Waals surface area contributed by atoms with Gasteiger partial charge in [0.15, 0.2) is 0 Å². The molecule has 122 valence electrons. The van der Waals surface area contributed by atoms with Crippen molar-refractivity contribution in [2.75, 3.05) is 13.1 Å². The molecule has 0 saturated carbocycles. The zero-order chi connectivity index (χ0) is 16.5. The zero-order valence-electron chi connectivity index (χ0n) is 13.0. The lowest BCUT2D eigenvalue weighted by molar-refractivity contribution is 0.294. The Morgan fingerprint density at radius 3 is 2.92 bits per heavy atom. The van der Waals surface area contributed by atoms with E-state index in [2.05, 4.69) is 38.2 Å². The molecule has 24 heavy (non-hydrogen) atoms. The third kappa shape index (κ3) is 2.93. The molecule has 0 atom stereocenters. The Labute approximate surface area is 150 Å². The molecule has 1 aliphatic heterocycles. The first-order valence-corrected chi connectivity index (χ1v) is 8.60. The Balaban J connectivity index is 1.52. The van der Waals surface area contributed by atoms with Gasteiger partial charge in [-0.05, 0) is 35.8 Å². The molecule has 4 nitrogen and oxygen atoms in total. The van der Waals surface area contributed by atoms with Crippen LogP contribution in [-0.2, 0) is 6.54 Å². The predicted molar refractivity (Wildman–Crippen MR) is 98.2 cm³/mol. The summed E-state index contributed by atoms with van der Waals surface area (Å²) in [5.41, 5.74) is 4.57. The molecule has 1 N–H and O–H groups in total. The fourth-order valence-electron chi connectivity index (χ4n) is 3.14. The van der Waals surface area contributed by atoms with E-state index in [0.29, 0.717) is 10.2 Å². The van der Waals surface area contributed by atoms with Crippen LogP contribution in [0, 0.1) is 0 Å². The minimum Gasteiger partial charge on any atom is -0.346 e. The maximum atomic E-state index is 6.24. The van der Waals surface area contributed by atoms with Crippen LogP contribution >= 0.6 is 23.2 Å². The quantitative estimate of drug-likeness (QED) is 0.698. The van der Waals surface area contributed by atoms with Crippen LogP contribution in [0.1, 0.15) is 17.5 Å². The molecule has 0 saturated heterocycles. The first-order valence-electron chi connectivity index (χ1n) is 7.85. The van der Waals surface area contributed by atoms with Gasteiger partial charge in [0.2, 0.25) is 0 Å². The van der Waals surface area contributed by atoms with Crippen molar-refractivity contribution in [2.45, 2.75) is 13.0 Å². The average Bonchev–Trinajstić information content (AvgIpc) is 3.04. The number of halogens is 2. The molecule has 0 amide bonds. The molecule has 0 aromatic carbocycles. The Bertz CT molecular complexity index is 916. The second-order valence-corrected chi connectivity index (χ2v) is 6.63. The number of rotatable bonds is 3. The van der Waals surface area contributed by atoms with Crippen molar-refractivity contribution in [3.63, 3.8) is 0 Å². The van der Waals surface area contributed by atoms with Gasteiger partial charge in [0.05, 0.1) is 5.02 Å². The summed E-state index contributed by atoms with van der Waals surface area (Å²) in [7, 11) is 0. The highest BCUT2D eigenvalue weighted by atomic mass is 35.5. The van der Waals surface area contributed by atoms with E-state index >= 15 is 0 Å². The van der Waals surface area contributed by atoms with Crippen LogP contribution in [0.25, 0.3) is 16.6 Å². The molecule has 3 aromatic rings. The molecular weight excluding hydrogens is 343 g/mol. The van der Waals surface area contributed by atoms with Crippen LogP contribution in [0.15, 0.2) is 42.9 Å². The van der Waals surface area contributed by atoms with E-state index in [1.54, 1.807) is 6.20 Å². The third-order valence-electron chi connectivity index (χ3n) is 4.41. The number of hydrogen-bond acceptors (Lipinski definition) is 3. The maximum absolute atomic E-state index is 6.24. The van der Waals surface area contributed by atoms with Crippen LogP contribution in [0.4, 0.5) is 0 Å². The summed E-state index contributed by atoms with van der Waals surface area (Å²) in [5, 5.41) is 2.10. The summed E-state index contributed by atoms with van der Waals surface area (Å²) in [6.45, 7) is 2.65. The second kappa shape index (κ2) is 6.55.